The summed E-state index contributed by atoms with van der Waals surface area (Å²) in [4.78, 5) is 4.45. The van der Waals surface area contributed by atoms with Gasteiger partial charge in [-0.15, -0.1) is 0 Å². The monoisotopic (exact) mass is 404 g/mol. The van der Waals surface area contributed by atoms with Crippen molar-refractivity contribution >= 4 is 5.69 Å². The topological polar surface area (TPSA) is 54.4 Å². The van der Waals surface area contributed by atoms with E-state index >= 15 is 0 Å². The van der Waals surface area contributed by atoms with E-state index in [9.17, 15) is 9.50 Å². The third-order valence-electron chi connectivity index (χ3n) is 4.88. The highest BCUT2D eigenvalue weighted by atomic mass is 19.1. The Morgan fingerprint density at radius 2 is 1.72 bits per heavy atom. The second-order valence-electron chi connectivity index (χ2n) is 7.02. The number of hydrogen-bond acceptors (Lipinski definition) is 6. The second kappa shape index (κ2) is 11.0. The Kier molecular flexibility index (Phi) is 8.10. The highest BCUT2D eigenvalue weighted by Crippen LogP contribution is 2.19. The minimum atomic E-state index is -0.538. The van der Waals surface area contributed by atoms with Crippen molar-refractivity contribution in [1.29, 1.82) is 0 Å². The number of halogens is 1. The van der Waals surface area contributed by atoms with Crippen LogP contribution in [0.1, 0.15) is 0 Å². The number of benzene rings is 2. The van der Waals surface area contributed by atoms with Crippen molar-refractivity contribution in [2.75, 3.05) is 64.6 Å². The number of aliphatic hydroxyl groups excluding tert-OH is 1. The van der Waals surface area contributed by atoms with E-state index in [2.05, 4.69) is 9.80 Å². The van der Waals surface area contributed by atoms with Crippen LogP contribution in [-0.2, 0) is 4.74 Å². The Morgan fingerprint density at radius 3 is 2.45 bits per heavy atom. The van der Waals surface area contributed by atoms with E-state index in [0.717, 1.165) is 43.4 Å². The van der Waals surface area contributed by atoms with Crippen molar-refractivity contribution in [2.24, 2.45) is 0 Å². The number of methoxy groups -OCH3 is 1. The van der Waals surface area contributed by atoms with Gasteiger partial charge in [0.25, 0.3) is 0 Å². The van der Waals surface area contributed by atoms with E-state index in [-0.39, 0.29) is 12.4 Å². The summed E-state index contributed by atoms with van der Waals surface area (Å²) >= 11 is 0. The maximum Gasteiger partial charge on any atom is 0.123 e. The molecule has 2 aromatic carbocycles. The molecule has 0 spiro atoms. The van der Waals surface area contributed by atoms with Gasteiger partial charge >= 0.3 is 0 Å². The van der Waals surface area contributed by atoms with Gasteiger partial charge in [0.2, 0.25) is 0 Å². The van der Waals surface area contributed by atoms with Gasteiger partial charge in [0.05, 0.1) is 26.4 Å². The Balaban J connectivity index is 1.28. The van der Waals surface area contributed by atoms with Gasteiger partial charge in [-0.25, -0.2) is 4.39 Å². The molecular weight excluding hydrogens is 375 g/mol. The van der Waals surface area contributed by atoms with Crippen LogP contribution in [0.5, 0.6) is 11.5 Å². The molecular formula is C22H29FN2O4. The summed E-state index contributed by atoms with van der Waals surface area (Å²) in [5, 5.41) is 10.2. The zero-order valence-corrected chi connectivity index (χ0v) is 16.8. The minimum absolute atomic E-state index is 0.218. The van der Waals surface area contributed by atoms with Crippen molar-refractivity contribution in [3.8, 4) is 11.5 Å². The predicted octanol–water partition coefficient (Wildman–Crippen LogP) is 2.41. The number of anilines is 1. The van der Waals surface area contributed by atoms with Gasteiger partial charge in [0.15, 0.2) is 0 Å². The first kappa shape index (κ1) is 21.4. The molecule has 1 N–H and O–H groups in total. The zero-order valence-electron chi connectivity index (χ0n) is 16.8. The predicted molar refractivity (Wildman–Crippen MR) is 110 cm³/mol. The highest BCUT2D eigenvalue weighted by Gasteiger charge is 2.19. The normalized spacial score (nSPS) is 15.9. The molecule has 2 aromatic rings. The molecule has 29 heavy (non-hydrogen) atoms. The number of rotatable bonds is 10. The van der Waals surface area contributed by atoms with Crippen molar-refractivity contribution < 1.29 is 23.7 Å². The Hall–Kier alpha value is -2.35. The van der Waals surface area contributed by atoms with Crippen LogP contribution in [0.15, 0.2) is 48.5 Å². The third kappa shape index (κ3) is 6.88. The van der Waals surface area contributed by atoms with Gasteiger partial charge in [0.1, 0.15) is 23.9 Å². The summed E-state index contributed by atoms with van der Waals surface area (Å²) in [6, 6.07) is 14.0. The lowest BCUT2D eigenvalue weighted by Crippen LogP contribution is -2.49. The van der Waals surface area contributed by atoms with Crippen LogP contribution in [0.25, 0.3) is 0 Å². The van der Waals surface area contributed by atoms with Crippen LogP contribution in [0, 0.1) is 5.82 Å². The fraction of sp³-hybridized carbons (Fsp3) is 0.455. The van der Waals surface area contributed by atoms with Gasteiger partial charge in [0, 0.05) is 44.5 Å². The van der Waals surface area contributed by atoms with Gasteiger partial charge in [-0.2, -0.15) is 0 Å². The Bertz CT molecular complexity index is 736. The zero-order chi connectivity index (χ0) is 20.5. The number of nitrogens with zero attached hydrogens (tertiary/aromatic N) is 2. The lowest BCUT2D eigenvalue weighted by Gasteiger charge is -2.36. The lowest BCUT2D eigenvalue weighted by molar-refractivity contribution is 0.00717. The van der Waals surface area contributed by atoms with Gasteiger partial charge in [-0.1, -0.05) is 6.07 Å². The molecule has 1 saturated heterocycles. The fourth-order valence-corrected chi connectivity index (χ4v) is 3.32. The molecule has 0 amide bonds. The van der Waals surface area contributed by atoms with E-state index in [1.54, 1.807) is 19.2 Å². The molecule has 3 rings (SSSR count). The summed E-state index contributed by atoms with van der Waals surface area (Å²) in [6.45, 7) is 5.10. The molecule has 0 aliphatic carbocycles. The Labute approximate surface area is 171 Å². The molecule has 0 bridgehead atoms. The number of hydrogen-bond donors (Lipinski definition) is 1. The first-order valence-corrected chi connectivity index (χ1v) is 9.89. The maximum absolute atomic E-state index is 13.0. The first-order valence-electron chi connectivity index (χ1n) is 9.89. The van der Waals surface area contributed by atoms with Gasteiger partial charge in [-0.3, -0.25) is 4.90 Å². The van der Waals surface area contributed by atoms with Crippen LogP contribution < -0.4 is 14.4 Å². The van der Waals surface area contributed by atoms with Crippen LogP contribution >= 0.6 is 0 Å². The number of β-amino-alcohol motifs (C(OH)–C–C–N with tert-alkyl or cyclic N) is 1. The van der Waals surface area contributed by atoms with Crippen LogP contribution in [0.4, 0.5) is 10.1 Å². The molecule has 0 radical (unpaired) electrons. The standard InChI is InChI=1S/C22H29FN2O4/c1-27-21-3-2-4-22(15-21)29-14-13-28-17-20(26)16-24-9-11-25(12-10-24)19-7-5-18(23)6-8-19/h2-8,15,20,26H,9-14,16-17H2,1H3. The summed E-state index contributed by atoms with van der Waals surface area (Å²) in [7, 11) is 1.62. The average molecular weight is 404 g/mol. The maximum atomic E-state index is 13.0. The quantitative estimate of drug-likeness (QED) is 0.614. The van der Waals surface area contributed by atoms with Crippen LogP contribution in [-0.4, -0.2) is 75.8 Å². The highest BCUT2D eigenvalue weighted by molar-refractivity contribution is 5.46. The molecule has 1 aliphatic rings. The van der Waals surface area contributed by atoms with Gasteiger partial charge < -0.3 is 24.2 Å². The lowest BCUT2D eigenvalue weighted by atomic mass is 10.2. The Morgan fingerprint density at radius 1 is 1.00 bits per heavy atom. The largest absolute Gasteiger partial charge is 0.497 e. The summed E-state index contributed by atoms with van der Waals surface area (Å²) < 4.78 is 29.4. The van der Waals surface area contributed by atoms with E-state index in [4.69, 9.17) is 14.2 Å². The molecule has 0 aromatic heterocycles. The number of ether oxygens (including phenoxy) is 3. The van der Waals surface area contributed by atoms with Crippen molar-refractivity contribution in [3.63, 3.8) is 0 Å². The molecule has 158 valence electrons. The SMILES string of the molecule is COc1cccc(OCCOCC(O)CN2CCN(c3ccc(F)cc3)CC2)c1. The molecule has 0 saturated carbocycles. The number of piperazine rings is 1. The van der Waals surface area contributed by atoms with E-state index in [0.29, 0.717) is 19.8 Å². The van der Waals surface area contributed by atoms with Crippen molar-refractivity contribution in [2.45, 2.75) is 6.10 Å². The molecule has 1 fully saturated rings. The molecule has 1 unspecified atom stereocenters. The molecule has 7 heteroatoms. The first-order chi connectivity index (χ1) is 14.1. The minimum Gasteiger partial charge on any atom is -0.497 e. The van der Waals surface area contributed by atoms with Crippen molar-refractivity contribution in [1.82, 2.24) is 4.90 Å². The fourth-order valence-electron chi connectivity index (χ4n) is 3.32. The number of aliphatic hydroxyl groups is 1. The smallest absolute Gasteiger partial charge is 0.123 e. The molecule has 1 aliphatic heterocycles. The second-order valence-corrected chi connectivity index (χ2v) is 7.02. The summed E-state index contributed by atoms with van der Waals surface area (Å²) in [5.41, 5.74) is 1.03. The summed E-state index contributed by atoms with van der Waals surface area (Å²) in [6.07, 6.45) is -0.538. The molecule has 1 atom stereocenters. The van der Waals surface area contributed by atoms with Crippen LogP contribution in [0.2, 0.25) is 0 Å². The van der Waals surface area contributed by atoms with Crippen LogP contribution in [0.3, 0.4) is 0 Å². The van der Waals surface area contributed by atoms with Gasteiger partial charge in [-0.05, 0) is 36.4 Å². The van der Waals surface area contributed by atoms with Crippen molar-refractivity contribution in [3.05, 3.63) is 54.3 Å². The van der Waals surface area contributed by atoms with E-state index < -0.39 is 6.10 Å². The average Bonchev–Trinajstić information content (AvgIpc) is 2.75. The molecule has 6 nitrogen and oxygen atoms in total. The van der Waals surface area contributed by atoms with E-state index in [1.165, 1.54) is 12.1 Å². The van der Waals surface area contributed by atoms with E-state index in [1.807, 2.05) is 24.3 Å². The third-order valence-corrected chi connectivity index (χ3v) is 4.88. The summed E-state index contributed by atoms with van der Waals surface area (Å²) in [5.74, 6) is 1.26. The molecule has 1 heterocycles.